The van der Waals surface area contributed by atoms with E-state index in [9.17, 15) is 9.59 Å². The molecule has 24 heavy (non-hydrogen) atoms. The molecule has 126 valence electrons. The number of carbonyl (C=O) groups excluding carboxylic acids is 2. The van der Waals surface area contributed by atoms with E-state index in [4.69, 9.17) is 4.74 Å². The van der Waals surface area contributed by atoms with Crippen LogP contribution < -0.4 is 10.6 Å². The summed E-state index contributed by atoms with van der Waals surface area (Å²) >= 11 is 0. The fourth-order valence-corrected chi connectivity index (χ4v) is 1.99. The van der Waals surface area contributed by atoms with Crippen LogP contribution in [0.25, 0.3) is 0 Å². The van der Waals surface area contributed by atoms with Crippen LogP contribution in [0.3, 0.4) is 0 Å². The van der Waals surface area contributed by atoms with E-state index in [1.165, 1.54) is 0 Å². The van der Waals surface area contributed by atoms with E-state index in [0.29, 0.717) is 12.2 Å². The summed E-state index contributed by atoms with van der Waals surface area (Å²) in [7, 11) is 0. The first kappa shape index (κ1) is 17.5. The molecule has 0 aromatic heterocycles. The van der Waals surface area contributed by atoms with Gasteiger partial charge < -0.3 is 15.4 Å². The van der Waals surface area contributed by atoms with Crippen molar-refractivity contribution >= 4 is 28.9 Å². The van der Waals surface area contributed by atoms with Crippen LogP contribution in [-0.2, 0) is 9.53 Å². The number of hydrogen-bond acceptors (Lipinski definition) is 4. The first-order valence-electron chi connectivity index (χ1n) is 7.94. The molecule has 0 aliphatic carbocycles. The Morgan fingerprint density at radius 2 is 1.42 bits per heavy atom. The number of anilines is 3. The molecule has 1 amide bonds. The average molecular weight is 326 g/mol. The lowest BCUT2D eigenvalue weighted by atomic mass is 10.2. The Labute approximate surface area is 142 Å². The Balaban J connectivity index is 1.98. The average Bonchev–Trinajstić information content (AvgIpc) is 2.57. The van der Waals surface area contributed by atoms with E-state index in [1.54, 1.807) is 19.1 Å². The van der Waals surface area contributed by atoms with Crippen LogP contribution in [0.4, 0.5) is 17.1 Å². The zero-order valence-corrected chi connectivity index (χ0v) is 14.1. The molecule has 2 aromatic carbocycles. The van der Waals surface area contributed by atoms with Crippen LogP contribution >= 0.6 is 0 Å². The number of ether oxygens (including phenoxy) is 1. The second kappa shape index (κ2) is 8.15. The quantitative estimate of drug-likeness (QED) is 0.781. The summed E-state index contributed by atoms with van der Waals surface area (Å²) in [6.07, 6.45) is 0. The number of esters is 1. The van der Waals surface area contributed by atoms with Gasteiger partial charge in [-0.2, -0.15) is 0 Å². The van der Waals surface area contributed by atoms with Gasteiger partial charge in [-0.1, -0.05) is 13.8 Å². The molecule has 0 aliphatic heterocycles. The van der Waals surface area contributed by atoms with Crippen molar-refractivity contribution in [2.75, 3.05) is 17.2 Å². The van der Waals surface area contributed by atoms with Crippen LogP contribution in [0.5, 0.6) is 0 Å². The molecule has 2 aromatic rings. The molecule has 5 nitrogen and oxygen atoms in total. The van der Waals surface area contributed by atoms with E-state index in [0.717, 1.165) is 17.1 Å². The number of rotatable bonds is 6. The van der Waals surface area contributed by atoms with E-state index >= 15 is 0 Å². The predicted octanol–water partition coefficient (Wildman–Crippen LogP) is 4.20. The minimum Gasteiger partial charge on any atom is -0.462 e. The molecule has 0 aliphatic rings. The van der Waals surface area contributed by atoms with Crippen molar-refractivity contribution in [1.29, 1.82) is 0 Å². The lowest BCUT2D eigenvalue weighted by Crippen LogP contribution is -2.17. The van der Waals surface area contributed by atoms with Crippen molar-refractivity contribution < 1.29 is 14.3 Å². The summed E-state index contributed by atoms with van der Waals surface area (Å²) < 4.78 is 4.95. The predicted molar refractivity (Wildman–Crippen MR) is 95.6 cm³/mol. The van der Waals surface area contributed by atoms with Gasteiger partial charge in [0.15, 0.2) is 0 Å². The first-order valence-corrected chi connectivity index (χ1v) is 7.94. The molecule has 0 bridgehead atoms. The molecule has 0 atom stereocenters. The van der Waals surface area contributed by atoms with Crippen LogP contribution in [0.15, 0.2) is 48.5 Å². The van der Waals surface area contributed by atoms with Gasteiger partial charge in [-0.25, -0.2) is 4.79 Å². The Morgan fingerprint density at radius 1 is 0.917 bits per heavy atom. The largest absolute Gasteiger partial charge is 0.462 e. The van der Waals surface area contributed by atoms with Gasteiger partial charge in [-0.05, 0) is 55.5 Å². The first-order chi connectivity index (χ1) is 11.5. The summed E-state index contributed by atoms with van der Waals surface area (Å²) in [4.78, 5) is 23.3. The van der Waals surface area contributed by atoms with Crippen molar-refractivity contribution in [2.45, 2.75) is 20.8 Å². The Hall–Kier alpha value is -2.82. The van der Waals surface area contributed by atoms with Crippen LogP contribution in [0, 0.1) is 5.92 Å². The highest BCUT2D eigenvalue weighted by Crippen LogP contribution is 2.20. The maximum absolute atomic E-state index is 11.7. The highest BCUT2D eigenvalue weighted by atomic mass is 16.5. The zero-order valence-electron chi connectivity index (χ0n) is 14.1. The van der Waals surface area contributed by atoms with Crippen LogP contribution in [0.1, 0.15) is 31.1 Å². The van der Waals surface area contributed by atoms with Crippen LogP contribution in [0.2, 0.25) is 0 Å². The maximum Gasteiger partial charge on any atom is 0.338 e. The fraction of sp³-hybridized carbons (Fsp3) is 0.263. The third-order valence-corrected chi connectivity index (χ3v) is 3.36. The molecule has 0 radical (unpaired) electrons. The van der Waals surface area contributed by atoms with Gasteiger partial charge in [0, 0.05) is 23.0 Å². The molecular formula is C19H22N2O3. The number of benzene rings is 2. The summed E-state index contributed by atoms with van der Waals surface area (Å²) in [5, 5.41) is 6.09. The van der Waals surface area contributed by atoms with E-state index in [1.807, 2.05) is 50.2 Å². The Morgan fingerprint density at radius 3 is 1.92 bits per heavy atom. The Kier molecular flexibility index (Phi) is 5.95. The van der Waals surface area contributed by atoms with Gasteiger partial charge in [0.25, 0.3) is 0 Å². The van der Waals surface area contributed by atoms with Gasteiger partial charge in [-0.15, -0.1) is 0 Å². The lowest BCUT2D eigenvalue weighted by molar-refractivity contribution is -0.118. The zero-order chi connectivity index (χ0) is 17.5. The van der Waals surface area contributed by atoms with Crippen molar-refractivity contribution in [3.8, 4) is 0 Å². The SMILES string of the molecule is CCOC(=O)c1ccc(Nc2ccc(NC(=O)C(C)C)cc2)cc1. The minimum absolute atomic E-state index is 0.00902. The van der Waals surface area contributed by atoms with E-state index in [2.05, 4.69) is 10.6 Å². The number of hydrogen-bond donors (Lipinski definition) is 2. The van der Waals surface area contributed by atoms with Crippen molar-refractivity contribution in [3.05, 3.63) is 54.1 Å². The number of amides is 1. The van der Waals surface area contributed by atoms with Crippen molar-refractivity contribution in [2.24, 2.45) is 5.92 Å². The van der Waals surface area contributed by atoms with Gasteiger partial charge in [0.2, 0.25) is 5.91 Å². The molecule has 0 fully saturated rings. The number of nitrogens with one attached hydrogen (secondary N) is 2. The van der Waals surface area contributed by atoms with E-state index in [-0.39, 0.29) is 17.8 Å². The van der Waals surface area contributed by atoms with Gasteiger partial charge in [0.05, 0.1) is 12.2 Å². The Bertz CT molecular complexity index is 692. The van der Waals surface area contributed by atoms with Crippen LogP contribution in [-0.4, -0.2) is 18.5 Å². The molecule has 2 rings (SSSR count). The molecule has 0 heterocycles. The summed E-state index contributed by atoms with van der Waals surface area (Å²) in [6.45, 7) is 5.84. The van der Waals surface area contributed by atoms with Crippen molar-refractivity contribution in [1.82, 2.24) is 0 Å². The summed E-state index contributed by atoms with van der Waals surface area (Å²) in [5.74, 6) is -0.389. The molecule has 0 spiro atoms. The summed E-state index contributed by atoms with van der Waals surface area (Å²) in [5.41, 5.74) is 3.04. The summed E-state index contributed by atoms with van der Waals surface area (Å²) in [6, 6.07) is 14.5. The van der Waals surface area contributed by atoms with E-state index < -0.39 is 0 Å². The second-order valence-electron chi connectivity index (χ2n) is 5.64. The molecular weight excluding hydrogens is 304 g/mol. The van der Waals surface area contributed by atoms with Gasteiger partial charge in [-0.3, -0.25) is 4.79 Å². The molecule has 0 unspecified atom stereocenters. The highest BCUT2D eigenvalue weighted by Gasteiger charge is 2.07. The highest BCUT2D eigenvalue weighted by molar-refractivity contribution is 5.92. The van der Waals surface area contributed by atoms with Gasteiger partial charge >= 0.3 is 5.97 Å². The third kappa shape index (κ3) is 4.84. The topological polar surface area (TPSA) is 67.4 Å². The monoisotopic (exact) mass is 326 g/mol. The minimum atomic E-state index is -0.325. The second-order valence-corrected chi connectivity index (χ2v) is 5.64. The molecule has 2 N–H and O–H groups in total. The third-order valence-electron chi connectivity index (χ3n) is 3.36. The normalized spacial score (nSPS) is 10.3. The van der Waals surface area contributed by atoms with Gasteiger partial charge in [0.1, 0.15) is 0 Å². The molecule has 5 heteroatoms. The molecule has 0 saturated heterocycles. The number of carbonyl (C=O) groups is 2. The smallest absolute Gasteiger partial charge is 0.338 e. The maximum atomic E-state index is 11.7. The lowest BCUT2D eigenvalue weighted by Gasteiger charge is -2.10. The fourth-order valence-electron chi connectivity index (χ4n) is 1.99. The molecule has 0 saturated carbocycles. The standard InChI is InChI=1S/C19H22N2O3/c1-4-24-19(23)14-5-7-15(8-6-14)20-16-9-11-17(12-10-16)21-18(22)13(2)3/h5-13,20H,4H2,1-3H3,(H,21,22). The van der Waals surface area contributed by atoms with Crippen molar-refractivity contribution in [3.63, 3.8) is 0 Å².